The molecule has 9 nitrogen and oxygen atoms in total. The summed E-state index contributed by atoms with van der Waals surface area (Å²) < 4.78 is 55.1. The maximum Gasteiger partial charge on any atom is 0.214 e. The highest BCUT2D eigenvalue weighted by Gasteiger charge is 2.29. The molecule has 0 spiro atoms. The molecule has 0 saturated carbocycles. The van der Waals surface area contributed by atoms with Gasteiger partial charge in [-0.2, -0.15) is 0 Å². The lowest BCUT2D eigenvalue weighted by Gasteiger charge is -2.31. The van der Waals surface area contributed by atoms with Crippen LogP contribution < -0.4 is 11.1 Å². The summed E-state index contributed by atoms with van der Waals surface area (Å²) in [6.45, 7) is 3.28. The topological polar surface area (TPSA) is 112 Å². The Morgan fingerprint density at radius 2 is 1.81 bits per heavy atom. The third-order valence-electron chi connectivity index (χ3n) is 6.10. The van der Waals surface area contributed by atoms with Crippen LogP contribution in [0.15, 0.2) is 18.2 Å². The first kappa shape index (κ1) is 28.4. The molecule has 1 aliphatic heterocycles. The Morgan fingerprint density at radius 1 is 1.17 bits per heavy atom. The van der Waals surface area contributed by atoms with Gasteiger partial charge in [-0.1, -0.05) is 17.4 Å². The van der Waals surface area contributed by atoms with E-state index in [2.05, 4.69) is 20.1 Å². The minimum atomic E-state index is -3.34. The highest BCUT2D eigenvalue weighted by Crippen LogP contribution is 2.30. The van der Waals surface area contributed by atoms with E-state index in [0.717, 1.165) is 36.6 Å². The molecule has 0 amide bonds. The number of hydrogen-bond acceptors (Lipinski definition) is 9. The molecule has 0 bridgehead atoms. The van der Waals surface area contributed by atoms with Gasteiger partial charge in [0, 0.05) is 32.2 Å². The zero-order valence-electron chi connectivity index (χ0n) is 20.8. The van der Waals surface area contributed by atoms with E-state index < -0.39 is 33.0 Å². The quantitative estimate of drug-likeness (QED) is 0.392. The van der Waals surface area contributed by atoms with Crippen LogP contribution in [0.2, 0.25) is 0 Å². The van der Waals surface area contributed by atoms with Crippen molar-refractivity contribution < 1.29 is 22.0 Å². The number of nitrogens with two attached hydrogens (primary N) is 1. The van der Waals surface area contributed by atoms with Crippen LogP contribution in [0.4, 0.5) is 19.7 Å². The monoisotopic (exact) mass is 544 g/mol. The van der Waals surface area contributed by atoms with E-state index in [4.69, 9.17) is 5.73 Å². The van der Waals surface area contributed by atoms with Crippen molar-refractivity contribution in [3.8, 4) is 0 Å². The fraction of sp³-hybridized carbons (Fsp3) is 0.565. The number of rotatable bonds is 12. The number of aromatic nitrogens is 1. The van der Waals surface area contributed by atoms with Crippen molar-refractivity contribution in [2.75, 3.05) is 70.7 Å². The molecular formula is C23H34F2N6O3S2. The van der Waals surface area contributed by atoms with Crippen LogP contribution in [-0.2, 0) is 10.0 Å². The Kier molecular flexibility index (Phi) is 9.75. The summed E-state index contributed by atoms with van der Waals surface area (Å²) in [6, 6.07) is 3.14. The molecule has 3 N–H and O–H groups in total. The average molecular weight is 545 g/mol. The van der Waals surface area contributed by atoms with Crippen molar-refractivity contribution in [2.45, 2.75) is 25.3 Å². The Bertz CT molecular complexity index is 1130. The van der Waals surface area contributed by atoms with Crippen LogP contribution in [0.1, 0.15) is 34.5 Å². The summed E-state index contributed by atoms with van der Waals surface area (Å²) in [5, 5.41) is 3.54. The van der Waals surface area contributed by atoms with Crippen molar-refractivity contribution in [1.82, 2.24) is 19.1 Å². The molecule has 1 aromatic heterocycles. The molecule has 1 aromatic carbocycles. The summed E-state index contributed by atoms with van der Waals surface area (Å²) in [5.41, 5.74) is 5.20. The number of piperidine rings is 1. The number of nitrogens with zero attached hydrogens (tertiary/aromatic N) is 4. The minimum Gasteiger partial charge on any atom is -0.382 e. The van der Waals surface area contributed by atoms with Crippen molar-refractivity contribution >= 4 is 38.1 Å². The van der Waals surface area contributed by atoms with E-state index in [-0.39, 0.29) is 22.5 Å². The predicted octanol–water partition coefficient (Wildman–Crippen LogP) is 2.32. The lowest BCUT2D eigenvalue weighted by molar-refractivity contribution is 0.103. The van der Waals surface area contributed by atoms with Crippen LogP contribution in [0.5, 0.6) is 0 Å². The molecule has 3 rings (SSSR count). The van der Waals surface area contributed by atoms with Gasteiger partial charge in [-0.3, -0.25) is 4.79 Å². The van der Waals surface area contributed by atoms with Gasteiger partial charge in [0.1, 0.15) is 22.3 Å². The normalized spacial score (nSPS) is 15.6. The Hall–Kier alpha value is -2.19. The van der Waals surface area contributed by atoms with E-state index in [0.29, 0.717) is 44.0 Å². The number of anilines is 2. The average Bonchev–Trinajstić information content (AvgIpc) is 3.17. The van der Waals surface area contributed by atoms with Crippen molar-refractivity contribution in [3.05, 3.63) is 40.3 Å². The number of thiazole rings is 1. The molecule has 2 aromatic rings. The highest BCUT2D eigenvalue weighted by molar-refractivity contribution is 7.89. The Balaban J connectivity index is 1.51. The number of nitrogen functional groups attached to an aromatic ring is 1. The number of halogens is 2. The van der Waals surface area contributed by atoms with Gasteiger partial charge in [0.25, 0.3) is 0 Å². The van der Waals surface area contributed by atoms with Gasteiger partial charge >= 0.3 is 0 Å². The number of likely N-dealkylation sites (N-methyl/N-ethyl adjacent to an activating group) is 2. The lowest BCUT2D eigenvalue weighted by atomic mass is 10.1. The fourth-order valence-electron chi connectivity index (χ4n) is 3.97. The van der Waals surface area contributed by atoms with Crippen molar-refractivity contribution in [1.29, 1.82) is 0 Å². The SMILES string of the molecule is CN(C)CCN(C)CCCS(=O)(=O)N1CCC(Nc2nc(N)c(C(=O)c3c(F)cccc3F)s2)CC1. The molecule has 13 heteroatoms. The van der Waals surface area contributed by atoms with Crippen molar-refractivity contribution in [2.24, 2.45) is 0 Å². The summed E-state index contributed by atoms with van der Waals surface area (Å²) in [6.07, 6.45) is 1.70. The Morgan fingerprint density at radius 3 is 2.42 bits per heavy atom. The number of carbonyl (C=O) groups excluding carboxylic acids is 1. The number of sulfonamides is 1. The van der Waals surface area contributed by atoms with Crippen LogP contribution >= 0.6 is 11.3 Å². The van der Waals surface area contributed by atoms with Gasteiger partial charge in [-0.25, -0.2) is 26.5 Å². The number of nitrogens with one attached hydrogen (secondary N) is 1. The van der Waals surface area contributed by atoms with E-state index in [1.807, 2.05) is 21.1 Å². The third-order valence-corrected chi connectivity index (χ3v) is 9.05. The molecule has 1 fully saturated rings. The van der Waals surface area contributed by atoms with Crippen LogP contribution in [-0.4, -0.2) is 99.0 Å². The molecular weight excluding hydrogens is 510 g/mol. The first-order valence-electron chi connectivity index (χ1n) is 11.8. The number of hydrogen-bond donors (Lipinski definition) is 2. The zero-order chi connectivity index (χ0) is 26.5. The molecule has 1 saturated heterocycles. The van der Waals surface area contributed by atoms with Crippen LogP contribution in [0.3, 0.4) is 0 Å². The van der Waals surface area contributed by atoms with Gasteiger partial charge in [-0.15, -0.1) is 0 Å². The summed E-state index contributed by atoms with van der Waals surface area (Å²) in [7, 11) is 2.66. The van der Waals surface area contributed by atoms with Crippen LogP contribution in [0.25, 0.3) is 0 Å². The molecule has 0 atom stereocenters. The zero-order valence-corrected chi connectivity index (χ0v) is 22.5. The van der Waals surface area contributed by atoms with E-state index >= 15 is 0 Å². The Labute approximate surface area is 215 Å². The summed E-state index contributed by atoms with van der Waals surface area (Å²) >= 11 is 0.930. The van der Waals surface area contributed by atoms with Gasteiger partial charge in [0.05, 0.1) is 11.3 Å². The molecule has 200 valence electrons. The van der Waals surface area contributed by atoms with Gasteiger partial charge in [0.15, 0.2) is 5.13 Å². The number of ketones is 1. The number of benzene rings is 1. The molecule has 0 unspecified atom stereocenters. The van der Waals surface area contributed by atoms with Gasteiger partial charge in [-0.05, 0) is 59.1 Å². The van der Waals surface area contributed by atoms with Gasteiger partial charge in [0.2, 0.25) is 15.8 Å². The fourth-order valence-corrected chi connectivity index (χ4v) is 6.39. The summed E-state index contributed by atoms with van der Waals surface area (Å²) in [4.78, 5) is 21.0. The second-order valence-corrected chi connectivity index (χ2v) is 12.3. The smallest absolute Gasteiger partial charge is 0.214 e. The molecule has 36 heavy (non-hydrogen) atoms. The number of carbonyl (C=O) groups is 1. The molecule has 0 radical (unpaired) electrons. The van der Waals surface area contributed by atoms with Gasteiger partial charge < -0.3 is 20.9 Å². The molecule has 2 heterocycles. The van der Waals surface area contributed by atoms with E-state index in [1.165, 1.54) is 10.4 Å². The van der Waals surface area contributed by atoms with Crippen LogP contribution in [0, 0.1) is 11.6 Å². The minimum absolute atomic E-state index is 0.0444. The standard InChI is InChI=1S/C23H34F2N6O3S2/c1-29(2)13-14-30(3)10-5-15-36(33,34)31-11-8-16(9-12-31)27-23-28-22(26)21(35-23)20(32)19-17(24)6-4-7-18(19)25/h4,6-7,16H,5,8-15,26H2,1-3H3,(H,27,28). The first-order chi connectivity index (χ1) is 17.0. The lowest BCUT2D eigenvalue weighted by Crippen LogP contribution is -2.43. The third kappa shape index (κ3) is 7.42. The van der Waals surface area contributed by atoms with Crippen molar-refractivity contribution in [3.63, 3.8) is 0 Å². The second kappa shape index (κ2) is 12.4. The predicted molar refractivity (Wildman–Crippen MR) is 139 cm³/mol. The van der Waals surface area contributed by atoms with E-state index in [1.54, 1.807) is 0 Å². The van der Waals surface area contributed by atoms with E-state index in [9.17, 15) is 22.0 Å². The maximum atomic E-state index is 14.0. The molecule has 0 aliphatic carbocycles. The molecule has 1 aliphatic rings. The first-order valence-corrected chi connectivity index (χ1v) is 14.2. The second-order valence-electron chi connectivity index (χ2n) is 9.25. The highest BCUT2D eigenvalue weighted by atomic mass is 32.2. The summed E-state index contributed by atoms with van der Waals surface area (Å²) in [5.74, 6) is -2.78. The largest absolute Gasteiger partial charge is 0.382 e. The maximum absolute atomic E-state index is 14.0.